The first-order chi connectivity index (χ1) is 15.0. The molecule has 0 radical (unpaired) electrons. The smallest absolute Gasteiger partial charge is 0.191 e. The second-order valence-electron chi connectivity index (χ2n) is 9.01. The minimum Gasteiger partial charge on any atom is -0.441 e. The van der Waals surface area contributed by atoms with Crippen LogP contribution in [0.1, 0.15) is 37.3 Å². The van der Waals surface area contributed by atoms with Crippen LogP contribution in [0.2, 0.25) is 0 Å². The van der Waals surface area contributed by atoms with E-state index in [1.165, 1.54) is 0 Å². The van der Waals surface area contributed by atoms with Gasteiger partial charge in [0.25, 0.3) is 0 Å². The number of aromatic nitrogens is 3. The van der Waals surface area contributed by atoms with E-state index < -0.39 is 6.17 Å². The lowest BCUT2D eigenvalue weighted by Crippen LogP contribution is -2.50. The van der Waals surface area contributed by atoms with Crippen LogP contribution in [0.5, 0.6) is 0 Å². The van der Waals surface area contributed by atoms with Gasteiger partial charge in [-0.3, -0.25) is 19.7 Å². The molecule has 5 rings (SSSR count). The number of fused-ring (bicyclic) bond motifs is 1. The number of hydrogen-bond acceptors (Lipinski definition) is 6. The Balaban J connectivity index is 1.21. The average Bonchev–Trinajstić information content (AvgIpc) is 3.19. The molecule has 6 nitrogen and oxygen atoms in total. The van der Waals surface area contributed by atoms with Crippen LogP contribution >= 0.6 is 0 Å². The summed E-state index contributed by atoms with van der Waals surface area (Å²) in [6.07, 6.45) is 8.86. The van der Waals surface area contributed by atoms with Gasteiger partial charge in [-0.1, -0.05) is 0 Å². The van der Waals surface area contributed by atoms with Gasteiger partial charge in [0.2, 0.25) is 0 Å². The molecule has 1 saturated carbocycles. The fraction of sp³-hybridized carbons (Fsp3) is 0.500. The standard InChI is InChI=1S/C24H27FN4O2/c1-15-26-11-24(31-15)19-6-18-7-21(27-10-22(18)28-9-19)8-23(30)17-4-2-16(3-5-17)12-29-13-20(25)14-29/h6-7,9-11,16-17,20H,2-5,8,12-14H2,1H3. The van der Waals surface area contributed by atoms with Gasteiger partial charge in [-0.15, -0.1) is 0 Å². The summed E-state index contributed by atoms with van der Waals surface area (Å²) in [6, 6.07) is 3.96. The summed E-state index contributed by atoms with van der Waals surface area (Å²) < 4.78 is 18.6. The van der Waals surface area contributed by atoms with Gasteiger partial charge in [0.05, 0.1) is 17.9 Å². The average molecular weight is 423 g/mol. The number of alkyl halides is 1. The maximum Gasteiger partial charge on any atom is 0.191 e. The van der Waals surface area contributed by atoms with Crippen molar-refractivity contribution in [2.75, 3.05) is 19.6 Å². The summed E-state index contributed by atoms with van der Waals surface area (Å²) in [5.41, 5.74) is 2.43. The molecule has 0 atom stereocenters. The summed E-state index contributed by atoms with van der Waals surface area (Å²) in [6.45, 7) is 3.95. The van der Waals surface area contributed by atoms with Crippen molar-refractivity contribution in [3.05, 3.63) is 42.3 Å². The SMILES string of the molecule is Cc1ncc(-c2cnc3cnc(CC(=O)C4CCC(CN5CC(F)C5)CC4)cc3c2)o1. The Morgan fingerprint density at radius 3 is 2.61 bits per heavy atom. The van der Waals surface area contributed by atoms with E-state index in [1.807, 2.05) is 19.1 Å². The van der Waals surface area contributed by atoms with Crippen molar-refractivity contribution >= 4 is 16.7 Å². The van der Waals surface area contributed by atoms with Gasteiger partial charge in [-0.25, -0.2) is 9.37 Å². The molecule has 0 amide bonds. The molecular formula is C24H27FN4O2. The number of aryl methyl sites for hydroxylation is 1. The molecule has 0 bridgehead atoms. The summed E-state index contributed by atoms with van der Waals surface area (Å²) in [4.78, 5) is 28.2. The Morgan fingerprint density at radius 2 is 1.90 bits per heavy atom. The predicted octanol–water partition coefficient (Wildman–Crippen LogP) is 4.16. The van der Waals surface area contributed by atoms with Crippen LogP contribution in [0.4, 0.5) is 4.39 Å². The van der Waals surface area contributed by atoms with E-state index >= 15 is 0 Å². The number of rotatable bonds is 6. The maximum atomic E-state index is 13.0. The van der Waals surface area contributed by atoms with E-state index in [2.05, 4.69) is 19.9 Å². The second kappa shape index (κ2) is 8.46. The lowest BCUT2D eigenvalue weighted by molar-refractivity contribution is -0.123. The van der Waals surface area contributed by atoms with Crippen LogP contribution in [-0.4, -0.2) is 51.4 Å². The molecule has 1 aliphatic carbocycles. The Hall–Kier alpha value is -2.67. The minimum atomic E-state index is -0.640. The van der Waals surface area contributed by atoms with Crippen LogP contribution < -0.4 is 0 Å². The van der Waals surface area contributed by atoms with Crippen molar-refractivity contribution in [1.82, 2.24) is 19.9 Å². The molecule has 4 heterocycles. The molecular weight excluding hydrogens is 395 g/mol. The van der Waals surface area contributed by atoms with Gasteiger partial charge in [-0.05, 0) is 43.7 Å². The maximum absolute atomic E-state index is 13.0. The molecule has 2 aliphatic rings. The van der Waals surface area contributed by atoms with Crippen molar-refractivity contribution < 1.29 is 13.6 Å². The molecule has 3 aromatic heterocycles. The number of oxazole rings is 1. The number of likely N-dealkylation sites (tertiary alicyclic amines) is 1. The molecule has 0 aromatic carbocycles. The molecule has 0 unspecified atom stereocenters. The van der Waals surface area contributed by atoms with Crippen LogP contribution in [0, 0.1) is 18.8 Å². The Bertz CT molecular complexity index is 1080. The predicted molar refractivity (Wildman–Crippen MR) is 115 cm³/mol. The van der Waals surface area contributed by atoms with Crippen molar-refractivity contribution in [3.63, 3.8) is 0 Å². The molecule has 7 heteroatoms. The molecule has 0 spiro atoms. The van der Waals surface area contributed by atoms with E-state index in [0.717, 1.165) is 54.4 Å². The minimum absolute atomic E-state index is 0.112. The largest absolute Gasteiger partial charge is 0.441 e. The normalized spacial score (nSPS) is 22.5. The zero-order chi connectivity index (χ0) is 21.4. The van der Waals surface area contributed by atoms with Crippen molar-refractivity contribution in [3.8, 4) is 11.3 Å². The highest BCUT2D eigenvalue weighted by molar-refractivity contribution is 5.86. The van der Waals surface area contributed by atoms with E-state index in [0.29, 0.717) is 37.1 Å². The first-order valence-electron chi connectivity index (χ1n) is 11.1. The van der Waals surface area contributed by atoms with Gasteiger partial charge >= 0.3 is 0 Å². The first kappa shape index (κ1) is 20.2. The quantitative estimate of drug-likeness (QED) is 0.594. The summed E-state index contributed by atoms with van der Waals surface area (Å²) in [7, 11) is 0. The zero-order valence-corrected chi connectivity index (χ0v) is 17.8. The fourth-order valence-electron chi connectivity index (χ4n) is 4.81. The second-order valence-corrected chi connectivity index (χ2v) is 9.01. The lowest BCUT2D eigenvalue weighted by atomic mass is 9.78. The number of halogens is 1. The van der Waals surface area contributed by atoms with Crippen LogP contribution in [-0.2, 0) is 11.2 Å². The van der Waals surface area contributed by atoms with Gasteiger partial charge in [0.15, 0.2) is 11.7 Å². The molecule has 0 N–H and O–H groups in total. The number of Topliss-reactive ketones (excluding diaryl/α,β-unsaturated/α-hetero) is 1. The fourth-order valence-corrected chi connectivity index (χ4v) is 4.81. The topological polar surface area (TPSA) is 72.1 Å². The molecule has 1 aliphatic heterocycles. The van der Waals surface area contributed by atoms with Gasteiger partial charge in [0.1, 0.15) is 12.0 Å². The Labute approximate surface area is 180 Å². The van der Waals surface area contributed by atoms with E-state index in [9.17, 15) is 9.18 Å². The highest BCUT2D eigenvalue weighted by atomic mass is 19.1. The third-order valence-electron chi connectivity index (χ3n) is 6.62. The van der Waals surface area contributed by atoms with Crippen molar-refractivity contribution in [1.29, 1.82) is 0 Å². The Morgan fingerprint density at radius 1 is 1.10 bits per heavy atom. The molecule has 162 valence electrons. The summed E-state index contributed by atoms with van der Waals surface area (Å²) in [5.74, 6) is 2.27. The van der Waals surface area contributed by atoms with Crippen LogP contribution in [0.15, 0.2) is 35.1 Å². The number of pyridine rings is 2. The highest BCUT2D eigenvalue weighted by Crippen LogP contribution is 2.32. The van der Waals surface area contributed by atoms with Crippen molar-refractivity contribution in [2.24, 2.45) is 11.8 Å². The Kier molecular flexibility index (Phi) is 5.52. The molecule has 2 fully saturated rings. The van der Waals surface area contributed by atoms with Gasteiger partial charge in [-0.2, -0.15) is 0 Å². The number of hydrogen-bond donors (Lipinski definition) is 0. The van der Waals surface area contributed by atoms with Crippen LogP contribution in [0.25, 0.3) is 22.2 Å². The number of carbonyl (C=O) groups is 1. The number of carbonyl (C=O) groups excluding carboxylic acids is 1. The summed E-state index contributed by atoms with van der Waals surface area (Å²) in [5, 5.41) is 0.939. The van der Waals surface area contributed by atoms with Gasteiger partial charge < -0.3 is 4.42 Å². The van der Waals surface area contributed by atoms with Crippen molar-refractivity contribution in [2.45, 2.75) is 45.2 Å². The van der Waals surface area contributed by atoms with Crippen LogP contribution in [0.3, 0.4) is 0 Å². The molecule has 1 saturated heterocycles. The molecule has 3 aromatic rings. The third-order valence-corrected chi connectivity index (χ3v) is 6.62. The molecule has 31 heavy (non-hydrogen) atoms. The lowest BCUT2D eigenvalue weighted by Gasteiger charge is -2.38. The third kappa shape index (κ3) is 4.51. The first-order valence-corrected chi connectivity index (χ1v) is 11.1. The zero-order valence-electron chi connectivity index (χ0n) is 17.8. The monoisotopic (exact) mass is 422 g/mol. The van der Waals surface area contributed by atoms with E-state index in [1.54, 1.807) is 18.6 Å². The number of ketones is 1. The van der Waals surface area contributed by atoms with Gasteiger partial charge in [0, 0.05) is 61.7 Å². The van der Waals surface area contributed by atoms with E-state index in [4.69, 9.17) is 4.42 Å². The number of nitrogens with zero attached hydrogens (tertiary/aromatic N) is 4. The summed E-state index contributed by atoms with van der Waals surface area (Å²) >= 11 is 0. The van der Waals surface area contributed by atoms with E-state index in [-0.39, 0.29) is 11.7 Å². The highest BCUT2D eigenvalue weighted by Gasteiger charge is 2.31.